The highest BCUT2D eigenvalue weighted by Crippen LogP contribution is 2.34. The first-order valence-electron chi connectivity index (χ1n) is 14.5. The Bertz CT molecular complexity index is 1380. The molecule has 3 atom stereocenters. The molecule has 2 aromatic carbocycles. The summed E-state index contributed by atoms with van der Waals surface area (Å²) in [5.41, 5.74) is 2.87. The minimum absolute atomic E-state index is 0.0292. The minimum atomic E-state index is -3.95. The Morgan fingerprint density at radius 1 is 1.05 bits per heavy atom. The number of hydrogen-bond donors (Lipinski definition) is 2. The highest BCUT2D eigenvalue weighted by atomic mass is 32.2. The lowest BCUT2D eigenvalue weighted by molar-refractivity contribution is -0.142. The van der Waals surface area contributed by atoms with Crippen LogP contribution in [0.25, 0.3) is 0 Å². The lowest BCUT2D eigenvalue weighted by Gasteiger charge is -2.27. The van der Waals surface area contributed by atoms with E-state index < -0.39 is 39.4 Å². The molecule has 42 heavy (non-hydrogen) atoms. The van der Waals surface area contributed by atoms with Crippen molar-refractivity contribution in [2.75, 3.05) is 12.3 Å². The van der Waals surface area contributed by atoms with E-state index in [0.717, 1.165) is 54.9 Å². The molecule has 0 bridgehead atoms. The Morgan fingerprint density at radius 3 is 2.43 bits per heavy atom. The number of Topliss-reactive ketones (excluding diaryl/α,β-unsaturated/α-hetero) is 1. The molecule has 1 unspecified atom stereocenters. The number of nitrogens with one attached hydrogen (secondary N) is 1. The van der Waals surface area contributed by atoms with Crippen molar-refractivity contribution in [1.82, 2.24) is 9.62 Å². The number of sulfonamides is 1. The van der Waals surface area contributed by atoms with Gasteiger partial charge in [0.15, 0.2) is 0 Å². The smallest absolute Gasteiger partial charge is 0.326 e. The van der Waals surface area contributed by atoms with Gasteiger partial charge in [0, 0.05) is 37.3 Å². The largest absolute Gasteiger partial charge is 0.480 e. The number of amides is 1. The molecular weight excluding hydrogens is 574 g/mol. The fourth-order valence-electron chi connectivity index (χ4n) is 5.34. The molecule has 2 aliphatic heterocycles. The van der Waals surface area contributed by atoms with Crippen LogP contribution >= 0.6 is 11.8 Å². The summed E-state index contributed by atoms with van der Waals surface area (Å²) in [7, 11) is -3.95. The van der Waals surface area contributed by atoms with E-state index in [1.807, 2.05) is 12.1 Å². The molecule has 1 saturated heterocycles. The van der Waals surface area contributed by atoms with E-state index in [0.29, 0.717) is 18.4 Å². The van der Waals surface area contributed by atoms with E-state index in [4.69, 9.17) is 0 Å². The number of aliphatic carboxylic acids is 1. The van der Waals surface area contributed by atoms with Crippen LogP contribution in [0.1, 0.15) is 63.0 Å². The summed E-state index contributed by atoms with van der Waals surface area (Å²) in [6.07, 6.45) is 7.17. The Kier molecular flexibility index (Phi) is 11.3. The van der Waals surface area contributed by atoms with E-state index >= 15 is 0 Å². The van der Waals surface area contributed by atoms with Crippen molar-refractivity contribution in [2.24, 2.45) is 4.99 Å². The van der Waals surface area contributed by atoms with Crippen molar-refractivity contribution < 1.29 is 27.9 Å². The van der Waals surface area contributed by atoms with E-state index in [9.17, 15) is 27.9 Å². The third-order valence-electron chi connectivity index (χ3n) is 7.64. The highest BCUT2D eigenvalue weighted by molar-refractivity contribution is 8.01. The summed E-state index contributed by atoms with van der Waals surface area (Å²) in [5, 5.41) is 11.9. The molecule has 2 heterocycles. The number of carboxylic acids is 1. The van der Waals surface area contributed by atoms with Crippen molar-refractivity contribution >= 4 is 45.2 Å². The van der Waals surface area contributed by atoms with Gasteiger partial charge in [0.05, 0.1) is 10.3 Å². The summed E-state index contributed by atoms with van der Waals surface area (Å²) in [5.74, 6) is -1.45. The topological polar surface area (TPSA) is 133 Å². The van der Waals surface area contributed by atoms with E-state index in [1.165, 1.54) is 29.6 Å². The van der Waals surface area contributed by atoms with Gasteiger partial charge in [0.2, 0.25) is 15.9 Å². The predicted octanol–water partition coefficient (Wildman–Crippen LogP) is 4.25. The standard InChI is InChI=1S/C31H39N3O6S2/c1-22-34(42(39,40)27-12-6-3-7-13-27)29(21-41-22)30(36)33-28(31(37)38)20-24-16-14-23(15-17-24)19-26(35)11-5-2-4-9-25-10-8-18-32-25/h3,6-7,12-17,22,28-29H,2,4-5,8-11,18-21H2,1H3,(H,33,36)(H,37,38)/t22?,28-,29-/m0/s1. The van der Waals surface area contributed by atoms with Crippen LogP contribution in [-0.2, 0) is 37.2 Å². The maximum atomic E-state index is 13.3. The number of hydrogen-bond acceptors (Lipinski definition) is 7. The maximum absolute atomic E-state index is 13.3. The number of ketones is 1. The zero-order valence-electron chi connectivity index (χ0n) is 23.9. The zero-order valence-corrected chi connectivity index (χ0v) is 25.5. The number of nitrogens with zero attached hydrogens (tertiary/aromatic N) is 2. The molecule has 2 aromatic rings. The number of thioether (sulfide) groups is 1. The van der Waals surface area contributed by atoms with Gasteiger partial charge < -0.3 is 10.4 Å². The van der Waals surface area contributed by atoms with Gasteiger partial charge in [-0.15, -0.1) is 11.8 Å². The second kappa shape index (κ2) is 14.9. The lowest BCUT2D eigenvalue weighted by atomic mass is 10.00. The molecule has 0 radical (unpaired) electrons. The average Bonchev–Trinajstić information content (AvgIpc) is 3.64. The molecule has 9 nitrogen and oxygen atoms in total. The third kappa shape index (κ3) is 8.52. The first kappa shape index (κ1) is 31.9. The molecule has 4 rings (SSSR count). The Morgan fingerprint density at radius 2 is 1.76 bits per heavy atom. The number of carbonyl (C=O) groups excluding carboxylic acids is 2. The summed E-state index contributed by atoms with van der Waals surface area (Å²) >= 11 is 1.33. The Labute approximate surface area is 252 Å². The number of rotatable bonds is 15. The van der Waals surface area contributed by atoms with Crippen LogP contribution in [-0.4, -0.2) is 71.0 Å². The van der Waals surface area contributed by atoms with Gasteiger partial charge in [-0.25, -0.2) is 13.2 Å². The van der Waals surface area contributed by atoms with Gasteiger partial charge in [0.25, 0.3) is 0 Å². The lowest BCUT2D eigenvalue weighted by Crippen LogP contribution is -2.53. The Hall–Kier alpha value is -3.02. The fraction of sp³-hybridized carbons (Fsp3) is 0.484. The highest BCUT2D eigenvalue weighted by Gasteiger charge is 2.45. The molecule has 11 heteroatoms. The van der Waals surface area contributed by atoms with Crippen LogP contribution < -0.4 is 5.32 Å². The van der Waals surface area contributed by atoms with Crippen LogP contribution in [0.2, 0.25) is 0 Å². The quantitative estimate of drug-likeness (QED) is 0.287. The zero-order chi connectivity index (χ0) is 30.1. The second-order valence-corrected chi connectivity index (χ2v) is 14.0. The summed E-state index contributed by atoms with van der Waals surface area (Å²) < 4.78 is 27.8. The summed E-state index contributed by atoms with van der Waals surface area (Å²) in [4.78, 5) is 42.3. The average molecular weight is 614 g/mol. The molecule has 0 saturated carbocycles. The molecule has 226 valence electrons. The van der Waals surface area contributed by atoms with Gasteiger partial charge in [-0.1, -0.05) is 48.9 Å². The summed E-state index contributed by atoms with van der Waals surface area (Å²) in [6.45, 7) is 2.67. The molecule has 0 aromatic heterocycles. The van der Waals surface area contributed by atoms with Gasteiger partial charge >= 0.3 is 5.97 Å². The van der Waals surface area contributed by atoms with Gasteiger partial charge in [-0.2, -0.15) is 4.31 Å². The van der Waals surface area contributed by atoms with Gasteiger partial charge in [-0.3, -0.25) is 14.6 Å². The van der Waals surface area contributed by atoms with Crippen molar-refractivity contribution in [1.29, 1.82) is 0 Å². The number of carboxylic acid groups (broad SMARTS) is 1. The number of benzene rings is 2. The number of unbranched alkanes of at least 4 members (excludes halogenated alkanes) is 2. The second-order valence-electron chi connectivity index (χ2n) is 10.8. The van der Waals surface area contributed by atoms with Crippen LogP contribution in [0.3, 0.4) is 0 Å². The van der Waals surface area contributed by atoms with E-state index in [2.05, 4.69) is 10.3 Å². The maximum Gasteiger partial charge on any atom is 0.326 e. The van der Waals surface area contributed by atoms with Gasteiger partial charge in [0.1, 0.15) is 17.9 Å². The normalized spacial score (nSPS) is 19.8. The van der Waals surface area contributed by atoms with Crippen molar-refractivity contribution in [3.8, 4) is 0 Å². The molecule has 2 N–H and O–H groups in total. The van der Waals surface area contributed by atoms with Crippen LogP contribution in [0.5, 0.6) is 0 Å². The molecule has 2 aliphatic rings. The van der Waals surface area contributed by atoms with Crippen LogP contribution in [0.4, 0.5) is 0 Å². The predicted molar refractivity (Wildman–Crippen MR) is 164 cm³/mol. The Balaban J connectivity index is 1.29. The molecule has 1 fully saturated rings. The molecule has 0 spiro atoms. The monoisotopic (exact) mass is 613 g/mol. The summed E-state index contributed by atoms with van der Waals surface area (Å²) in [6, 6.07) is 12.8. The van der Waals surface area contributed by atoms with Crippen molar-refractivity contribution in [3.63, 3.8) is 0 Å². The van der Waals surface area contributed by atoms with Crippen LogP contribution in [0, 0.1) is 0 Å². The first-order chi connectivity index (χ1) is 20.1. The van der Waals surface area contributed by atoms with Gasteiger partial charge in [-0.05, 0) is 62.3 Å². The molecule has 0 aliphatic carbocycles. The van der Waals surface area contributed by atoms with E-state index in [1.54, 1.807) is 37.3 Å². The SMILES string of the molecule is CC1SC[C@@H](C(=O)N[C@@H](Cc2ccc(CC(=O)CCCCCC3=NCCC3)cc2)C(=O)O)N1S(=O)(=O)c1ccccc1. The minimum Gasteiger partial charge on any atom is -0.480 e. The number of carbonyl (C=O) groups is 3. The number of aliphatic imine (C=N–C) groups is 1. The fourth-order valence-corrected chi connectivity index (χ4v) is 8.67. The molecule has 1 amide bonds. The van der Waals surface area contributed by atoms with Crippen molar-refractivity contribution in [3.05, 3.63) is 65.7 Å². The van der Waals surface area contributed by atoms with Crippen molar-refractivity contribution in [2.45, 2.75) is 87.1 Å². The third-order valence-corrected chi connectivity index (χ3v) is 11.0. The first-order valence-corrected chi connectivity index (χ1v) is 17.0. The molecular formula is C31H39N3O6S2. The van der Waals surface area contributed by atoms with E-state index in [-0.39, 0.29) is 22.9 Å². The van der Waals surface area contributed by atoms with Crippen LogP contribution in [0.15, 0.2) is 64.5 Å².